The number of hydrogen-bond donors (Lipinski definition) is 1. The fourth-order valence-electron chi connectivity index (χ4n) is 3.69. The molecule has 1 saturated carbocycles. The monoisotopic (exact) mass is 399 g/mol. The van der Waals surface area contributed by atoms with E-state index >= 15 is 0 Å². The molecule has 3 aromatic rings. The van der Waals surface area contributed by atoms with Crippen LogP contribution in [0.3, 0.4) is 0 Å². The second kappa shape index (κ2) is 6.41. The maximum atomic E-state index is 13.9. The lowest BCUT2D eigenvalue weighted by molar-refractivity contribution is -0.133. The predicted octanol–water partition coefficient (Wildman–Crippen LogP) is 3.51. The van der Waals surface area contributed by atoms with E-state index in [0.717, 1.165) is 42.3 Å². The molecule has 1 aromatic carbocycles. The van der Waals surface area contributed by atoms with Crippen LogP contribution in [-0.2, 0) is 22.5 Å². The standard InChI is InChI=1S/C20H18FN3O3S/c1-27-20(26)13-7-12(21)8-14-17(13)23-18(22-14)16-6-11-9-24(5-4-15(11)28-16)19(25)10-2-3-10/h6-8,10H,2-5,9H2,1H3,(H,22,23). The predicted molar refractivity (Wildman–Crippen MR) is 103 cm³/mol. The van der Waals surface area contributed by atoms with E-state index in [1.165, 1.54) is 18.1 Å². The number of rotatable bonds is 3. The summed E-state index contributed by atoms with van der Waals surface area (Å²) in [7, 11) is 1.26. The minimum absolute atomic E-state index is 0.0996. The van der Waals surface area contributed by atoms with Gasteiger partial charge in [-0.05, 0) is 43.0 Å². The van der Waals surface area contributed by atoms with Crippen molar-refractivity contribution in [2.24, 2.45) is 5.92 Å². The molecular formula is C20H18FN3O3S. The van der Waals surface area contributed by atoms with Crippen LogP contribution in [0.5, 0.6) is 0 Å². The number of amides is 1. The average Bonchev–Trinajstić information content (AvgIpc) is 3.31. The average molecular weight is 399 g/mol. The highest BCUT2D eigenvalue weighted by molar-refractivity contribution is 7.15. The van der Waals surface area contributed by atoms with Gasteiger partial charge in [-0.25, -0.2) is 14.2 Å². The van der Waals surface area contributed by atoms with Crippen molar-refractivity contribution in [1.82, 2.24) is 14.9 Å². The Morgan fingerprint density at radius 2 is 2.14 bits per heavy atom. The number of aromatic nitrogens is 2. The summed E-state index contributed by atoms with van der Waals surface area (Å²) >= 11 is 1.62. The minimum Gasteiger partial charge on any atom is -0.465 e. The Bertz CT molecular complexity index is 1120. The molecule has 1 N–H and O–H groups in total. The van der Waals surface area contributed by atoms with Crippen molar-refractivity contribution in [1.29, 1.82) is 0 Å². The molecule has 0 saturated heterocycles. The van der Waals surface area contributed by atoms with Gasteiger partial charge < -0.3 is 14.6 Å². The molecule has 0 spiro atoms. The summed E-state index contributed by atoms with van der Waals surface area (Å²) in [5.74, 6) is -0.0720. The maximum Gasteiger partial charge on any atom is 0.340 e. The zero-order chi connectivity index (χ0) is 19.4. The number of fused-ring (bicyclic) bond motifs is 2. The third-order valence-electron chi connectivity index (χ3n) is 5.29. The van der Waals surface area contributed by atoms with Crippen molar-refractivity contribution in [3.05, 3.63) is 40.0 Å². The van der Waals surface area contributed by atoms with Gasteiger partial charge in [0.2, 0.25) is 5.91 Å². The van der Waals surface area contributed by atoms with Crippen LogP contribution in [0, 0.1) is 11.7 Å². The molecular weight excluding hydrogens is 381 g/mol. The van der Waals surface area contributed by atoms with Gasteiger partial charge in [0, 0.05) is 23.9 Å². The Kier molecular flexibility index (Phi) is 3.97. The maximum absolute atomic E-state index is 13.9. The fraction of sp³-hybridized carbons (Fsp3) is 0.350. The molecule has 0 atom stereocenters. The van der Waals surface area contributed by atoms with Crippen LogP contribution in [0.15, 0.2) is 18.2 Å². The summed E-state index contributed by atoms with van der Waals surface area (Å²) in [4.78, 5) is 36.1. The molecule has 144 valence electrons. The number of nitrogens with zero attached hydrogens (tertiary/aromatic N) is 2. The van der Waals surface area contributed by atoms with Gasteiger partial charge in [0.1, 0.15) is 17.2 Å². The molecule has 0 unspecified atom stereocenters. The number of carbonyl (C=O) groups excluding carboxylic acids is 2. The summed E-state index contributed by atoms with van der Waals surface area (Å²) in [6.45, 7) is 1.38. The van der Waals surface area contributed by atoms with E-state index in [9.17, 15) is 14.0 Å². The number of esters is 1. The number of imidazole rings is 1. The highest BCUT2D eigenvalue weighted by Crippen LogP contribution is 2.37. The van der Waals surface area contributed by atoms with Crippen LogP contribution in [0.1, 0.15) is 33.6 Å². The van der Waals surface area contributed by atoms with E-state index in [-0.39, 0.29) is 17.4 Å². The van der Waals surface area contributed by atoms with Gasteiger partial charge >= 0.3 is 5.97 Å². The van der Waals surface area contributed by atoms with Crippen molar-refractivity contribution in [3.8, 4) is 10.7 Å². The van der Waals surface area contributed by atoms with Gasteiger partial charge in [-0.1, -0.05) is 0 Å². The van der Waals surface area contributed by atoms with E-state index in [1.807, 2.05) is 11.0 Å². The lowest BCUT2D eigenvalue weighted by Gasteiger charge is -2.27. The SMILES string of the molecule is COC(=O)c1cc(F)cc2[nH]c(-c3cc4c(s3)CCN(C(=O)C3CC3)C4)nc12. The van der Waals surface area contributed by atoms with Gasteiger partial charge in [0.05, 0.1) is 23.1 Å². The number of nitrogens with one attached hydrogen (secondary N) is 1. The largest absolute Gasteiger partial charge is 0.465 e. The molecule has 0 bridgehead atoms. The molecule has 2 aromatic heterocycles. The van der Waals surface area contributed by atoms with Crippen LogP contribution in [0.25, 0.3) is 21.7 Å². The summed E-state index contributed by atoms with van der Waals surface area (Å²) < 4.78 is 18.6. The summed E-state index contributed by atoms with van der Waals surface area (Å²) in [5, 5.41) is 0. The van der Waals surface area contributed by atoms with E-state index in [2.05, 4.69) is 9.97 Å². The van der Waals surface area contributed by atoms with Gasteiger partial charge in [-0.15, -0.1) is 11.3 Å². The van der Waals surface area contributed by atoms with Crippen molar-refractivity contribution < 1.29 is 18.7 Å². The summed E-state index contributed by atoms with van der Waals surface area (Å²) in [6, 6.07) is 4.50. The first-order chi connectivity index (χ1) is 13.5. The van der Waals surface area contributed by atoms with Crippen LogP contribution < -0.4 is 0 Å². The van der Waals surface area contributed by atoms with Crippen LogP contribution >= 0.6 is 11.3 Å². The Hall–Kier alpha value is -2.74. The quantitative estimate of drug-likeness (QED) is 0.684. The smallest absolute Gasteiger partial charge is 0.340 e. The summed E-state index contributed by atoms with van der Waals surface area (Å²) in [6.07, 6.45) is 2.85. The Morgan fingerprint density at radius 1 is 1.32 bits per heavy atom. The zero-order valence-electron chi connectivity index (χ0n) is 15.3. The summed E-state index contributed by atoms with van der Waals surface area (Å²) in [5.41, 5.74) is 2.08. The van der Waals surface area contributed by atoms with Crippen LogP contribution in [0.4, 0.5) is 4.39 Å². The first-order valence-corrected chi connectivity index (χ1v) is 10.0. The molecule has 1 amide bonds. The Morgan fingerprint density at radius 3 is 2.89 bits per heavy atom. The topological polar surface area (TPSA) is 75.3 Å². The number of carbonyl (C=O) groups is 2. The second-order valence-electron chi connectivity index (χ2n) is 7.27. The second-order valence-corrected chi connectivity index (χ2v) is 8.41. The Balaban J connectivity index is 1.50. The normalized spacial score (nSPS) is 16.3. The zero-order valence-corrected chi connectivity index (χ0v) is 16.1. The number of H-pyrrole nitrogens is 1. The highest BCUT2D eigenvalue weighted by Gasteiger charge is 2.35. The minimum atomic E-state index is -0.623. The Labute approximate surface area is 164 Å². The molecule has 3 heterocycles. The molecule has 0 radical (unpaired) electrons. The van der Waals surface area contributed by atoms with Crippen molar-refractivity contribution in [2.75, 3.05) is 13.7 Å². The van der Waals surface area contributed by atoms with Gasteiger partial charge in [0.15, 0.2) is 0 Å². The third kappa shape index (κ3) is 2.88. The third-order valence-corrected chi connectivity index (χ3v) is 6.54. The van der Waals surface area contributed by atoms with Crippen molar-refractivity contribution in [3.63, 3.8) is 0 Å². The van der Waals surface area contributed by atoms with Crippen LogP contribution in [0.2, 0.25) is 0 Å². The fourth-order valence-corrected chi connectivity index (χ4v) is 4.80. The van der Waals surface area contributed by atoms with Crippen LogP contribution in [-0.4, -0.2) is 40.4 Å². The number of ether oxygens (including phenoxy) is 1. The van der Waals surface area contributed by atoms with Crippen molar-refractivity contribution in [2.45, 2.75) is 25.8 Å². The molecule has 1 aliphatic heterocycles. The molecule has 28 heavy (non-hydrogen) atoms. The van der Waals surface area contributed by atoms with Crippen molar-refractivity contribution >= 4 is 34.2 Å². The lowest BCUT2D eigenvalue weighted by Crippen LogP contribution is -2.36. The lowest BCUT2D eigenvalue weighted by atomic mass is 10.1. The van der Waals surface area contributed by atoms with E-state index in [0.29, 0.717) is 23.4 Å². The number of thiophene rings is 1. The van der Waals surface area contributed by atoms with E-state index in [1.54, 1.807) is 11.3 Å². The number of methoxy groups -OCH3 is 1. The first-order valence-electron chi connectivity index (χ1n) is 9.22. The molecule has 2 aliphatic rings. The number of hydrogen-bond acceptors (Lipinski definition) is 5. The molecule has 1 aliphatic carbocycles. The molecule has 6 nitrogen and oxygen atoms in total. The van der Waals surface area contributed by atoms with E-state index < -0.39 is 11.8 Å². The van der Waals surface area contributed by atoms with E-state index in [4.69, 9.17) is 4.74 Å². The number of halogens is 1. The van der Waals surface area contributed by atoms with Gasteiger partial charge in [0.25, 0.3) is 0 Å². The number of aromatic amines is 1. The molecule has 5 rings (SSSR count). The first kappa shape index (κ1) is 17.4. The highest BCUT2D eigenvalue weighted by atomic mass is 32.1. The number of benzene rings is 1. The molecule has 8 heteroatoms. The van der Waals surface area contributed by atoms with Gasteiger partial charge in [-0.2, -0.15) is 0 Å². The molecule has 1 fully saturated rings. The van der Waals surface area contributed by atoms with Gasteiger partial charge in [-0.3, -0.25) is 4.79 Å².